The minimum atomic E-state index is -0.218. The van der Waals surface area contributed by atoms with Gasteiger partial charge in [0.2, 0.25) is 0 Å². The summed E-state index contributed by atoms with van der Waals surface area (Å²) < 4.78 is 0. The van der Waals surface area contributed by atoms with E-state index in [1.54, 1.807) is 48.5 Å². The summed E-state index contributed by atoms with van der Waals surface area (Å²) in [6, 6.07) is 25.0. The first kappa shape index (κ1) is 28.6. The highest BCUT2D eigenvalue weighted by atomic mass is 16.3. The maximum atomic E-state index is 13.0. The molecular formula is C36H36O4. The van der Waals surface area contributed by atoms with E-state index in [9.17, 15) is 19.8 Å². The molecule has 0 aliphatic heterocycles. The molecule has 0 aromatic heterocycles. The molecule has 0 saturated heterocycles. The third-order valence-corrected chi connectivity index (χ3v) is 7.71. The smallest absolute Gasteiger partial charge is 0.196 e. The highest BCUT2D eigenvalue weighted by Crippen LogP contribution is 2.29. The lowest BCUT2D eigenvalue weighted by atomic mass is 9.94. The van der Waals surface area contributed by atoms with Gasteiger partial charge in [0.05, 0.1) is 11.1 Å². The molecule has 40 heavy (non-hydrogen) atoms. The van der Waals surface area contributed by atoms with Crippen molar-refractivity contribution in [1.82, 2.24) is 0 Å². The monoisotopic (exact) mass is 532 g/mol. The molecule has 0 aliphatic rings. The van der Waals surface area contributed by atoms with Gasteiger partial charge in [-0.3, -0.25) is 9.59 Å². The molecule has 4 aromatic rings. The van der Waals surface area contributed by atoms with Crippen molar-refractivity contribution in [2.45, 2.75) is 52.4 Å². The Bertz CT molecular complexity index is 1410. The van der Waals surface area contributed by atoms with Gasteiger partial charge in [0.25, 0.3) is 0 Å². The summed E-state index contributed by atoms with van der Waals surface area (Å²) in [6.45, 7) is 8.37. The number of carbonyl (C=O) groups is 2. The molecule has 2 N–H and O–H groups in total. The molecule has 0 radical (unpaired) electrons. The molecule has 2 atom stereocenters. The molecule has 0 fully saturated rings. The first-order valence-corrected chi connectivity index (χ1v) is 13.8. The molecule has 204 valence electrons. The first-order chi connectivity index (χ1) is 19.2. The summed E-state index contributed by atoms with van der Waals surface area (Å²) in [4.78, 5) is 25.9. The third kappa shape index (κ3) is 6.40. The van der Waals surface area contributed by atoms with E-state index in [0.717, 1.165) is 35.1 Å². The Labute approximate surface area is 236 Å². The Morgan fingerprint density at radius 1 is 0.600 bits per heavy atom. The minimum Gasteiger partial charge on any atom is -0.507 e. The normalized spacial score (nSPS) is 12.8. The molecular weight excluding hydrogens is 496 g/mol. The van der Waals surface area contributed by atoms with Crippen LogP contribution in [0.1, 0.15) is 106 Å². The van der Waals surface area contributed by atoms with Crippen LogP contribution in [0.15, 0.2) is 84.9 Å². The number of rotatable bonds is 10. The van der Waals surface area contributed by atoms with Crippen molar-refractivity contribution in [3.8, 4) is 11.5 Å². The molecule has 4 aromatic carbocycles. The maximum absolute atomic E-state index is 13.0. The second-order valence-electron chi connectivity index (χ2n) is 10.4. The lowest BCUT2D eigenvalue weighted by molar-refractivity contribution is 0.102. The summed E-state index contributed by atoms with van der Waals surface area (Å²) in [5.41, 5.74) is 5.47. The molecule has 0 saturated carbocycles. The average Bonchev–Trinajstić information content (AvgIpc) is 2.99. The molecule has 4 nitrogen and oxygen atoms in total. The SMILES string of the molecule is CCC(C)c1ccc(C(=O)c2ccc(/C=C/c3ccc(C(=O)c4ccc(C(C)CC)cc4O)cc3)cc2)c(O)c1. The van der Waals surface area contributed by atoms with Crippen LogP contribution in [0.25, 0.3) is 12.2 Å². The summed E-state index contributed by atoms with van der Waals surface area (Å²) in [5, 5.41) is 20.9. The molecule has 0 spiro atoms. The average molecular weight is 533 g/mol. The van der Waals surface area contributed by atoms with Gasteiger partial charge in [0, 0.05) is 11.1 Å². The zero-order valence-electron chi connectivity index (χ0n) is 23.5. The summed E-state index contributed by atoms with van der Waals surface area (Å²) in [7, 11) is 0. The van der Waals surface area contributed by atoms with Crippen LogP contribution in [0, 0.1) is 0 Å². The van der Waals surface area contributed by atoms with Gasteiger partial charge >= 0.3 is 0 Å². The van der Waals surface area contributed by atoms with E-state index in [1.165, 1.54) is 0 Å². The molecule has 0 aliphatic carbocycles. The van der Waals surface area contributed by atoms with E-state index >= 15 is 0 Å². The lowest BCUT2D eigenvalue weighted by Crippen LogP contribution is -2.03. The van der Waals surface area contributed by atoms with Crippen molar-refractivity contribution < 1.29 is 19.8 Å². The number of hydrogen-bond acceptors (Lipinski definition) is 4. The van der Waals surface area contributed by atoms with Crippen molar-refractivity contribution in [3.05, 3.63) is 129 Å². The highest BCUT2D eigenvalue weighted by molar-refractivity contribution is 6.11. The standard InChI is InChI=1S/C36H36O4/c1-5-23(3)29-17-19-31(33(37)21-29)35(39)27-13-9-25(10-14-27)7-8-26-11-15-28(16-12-26)36(40)32-20-18-30(22-34(32)38)24(4)6-2/h7-24,37-38H,5-6H2,1-4H3/b8-7+. The van der Waals surface area contributed by atoms with Crippen molar-refractivity contribution in [2.24, 2.45) is 0 Å². The Morgan fingerprint density at radius 2 is 0.950 bits per heavy atom. The Morgan fingerprint density at radius 3 is 1.25 bits per heavy atom. The Hall–Kier alpha value is -4.44. The maximum Gasteiger partial charge on any atom is 0.196 e. The van der Waals surface area contributed by atoms with E-state index in [-0.39, 0.29) is 23.1 Å². The second-order valence-corrected chi connectivity index (χ2v) is 10.4. The van der Waals surface area contributed by atoms with Crippen LogP contribution in [-0.2, 0) is 0 Å². The van der Waals surface area contributed by atoms with Crippen molar-refractivity contribution in [3.63, 3.8) is 0 Å². The summed E-state index contributed by atoms with van der Waals surface area (Å²) in [6.07, 6.45) is 5.79. The number of hydrogen-bond donors (Lipinski definition) is 2. The summed E-state index contributed by atoms with van der Waals surface area (Å²) in [5.74, 6) is 0.212. The predicted molar refractivity (Wildman–Crippen MR) is 162 cm³/mol. The Balaban J connectivity index is 1.42. The van der Waals surface area contributed by atoms with Gasteiger partial charge < -0.3 is 10.2 Å². The molecule has 4 rings (SSSR count). The summed E-state index contributed by atoms with van der Waals surface area (Å²) >= 11 is 0. The predicted octanol–water partition coefficient (Wildman–Crippen LogP) is 8.76. The van der Waals surface area contributed by atoms with Crippen molar-refractivity contribution >= 4 is 23.7 Å². The minimum absolute atomic E-state index is 0.00650. The third-order valence-electron chi connectivity index (χ3n) is 7.71. The van der Waals surface area contributed by atoms with E-state index < -0.39 is 0 Å². The molecule has 0 heterocycles. The van der Waals surface area contributed by atoms with Crippen LogP contribution in [0.3, 0.4) is 0 Å². The van der Waals surface area contributed by atoms with E-state index in [0.29, 0.717) is 34.1 Å². The number of phenols is 2. The number of ketones is 2. The quantitative estimate of drug-likeness (QED) is 0.158. The van der Waals surface area contributed by atoms with Crippen molar-refractivity contribution in [2.75, 3.05) is 0 Å². The van der Waals surface area contributed by atoms with Gasteiger partial charge in [-0.1, -0.05) is 101 Å². The number of carbonyl (C=O) groups excluding carboxylic acids is 2. The van der Waals surface area contributed by atoms with Crippen molar-refractivity contribution in [1.29, 1.82) is 0 Å². The molecule has 0 amide bonds. The largest absolute Gasteiger partial charge is 0.507 e. The van der Waals surface area contributed by atoms with Crippen LogP contribution in [0.5, 0.6) is 11.5 Å². The molecule has 2 unspecified atom stereocenters. The zero-order chi connectivity index (χ0) is 28.8. The highest BCUT2D eigenvalue weighted by Gasteiger charge is 2.16. The van der Waals surface area contributed by atoms with Crippen LogP contribution < -0.4 is 0 Å². The zero-order valence-corrected chi connectivity index (χ0v) is 23.5. The fraction of sp³-hybridized carbons (Fsp3) is 0.222. The number of phenolic OH excluding ortho intramolecular Hbond substituents is 2. The van der Waals surface area contributed by atoms with Gasteiger partial charge in [-0.2, -0.15) is 0 Å². The fourth-order valence-electron chi connectivity index (χ4n) is 4.56. The van der Waals surface area contributed by atoms with Crippen LogP contribution in [0.2, 0.25) is 0 Å². The molecule has 4 heteroatoms. The van der Waals surface area contributed by atoms with E-state index in [2.05, 4.69) is 27.7 Å². The van der Waals surface area contributed by atoms with E-state index in [4.69, 9.17) is 0 Å². The van der Waals surface area contributed by atoms with Gasteiger partial charge in [-0.15, -0.1) is 0 Å². The van der Waals surface area contributed by atoms with Gasteiger partial charge in [0.1, 0.15) is 11.5 Å². The Kier molecular flexibility index (Phi) is 9.00. The van der Waals surface area contributed by atoms with E-state index in [1.807, 2.05) is 48.6 Å². The first-order valence-electron chi connectivity index (χ1n) is 13.8. The van der Waals surface area contributed by atoms with Gasteiger partial charge in [0.15, 0.2) is 11.6 Å². The van der Waals surface area contributed by atoms with Gasteiger partial charge in [-0.05, 0) is 71.2 Å². The number of aromatic hydroxyl groups is 2. The number of benzene rings is 4. The lowest BCUT2D eigenvalue weighted by Gasteiger charge is -2.11. The topological polar surface area (TPSA) is 74.6 Å². The molecule has 0 bridgehead atoms. The second kappa shape index (κ2) is 12.6. The fourth-order valence-corrected chi connectivity index (χ4v) is 4.56. The van der Waals surface area contributed by atoms with Crippen LogP contribution in [0.4, 0.5) is 0 Å². The van der Waals surface area contributed by atoms with Crippen LogP contribution >= 0.6 is 0 Å². The van der Waals surface area contributed by atoms with Crippen LogP contribution in [-0.4, -0.2) is 21.8 Å². The van der Waals surface area contributed by atoms with Gasteiger partial charge in [-0.25, -0.2) is 0 Å².